The Labute approximate surface area is 130 Å². The summed E-state index contributed by atoms with van der Waals surface area (Å²) in [6.07, 6.45) is 4.28. The van der Waals surface area contributed by atoms with Crippen molar-refractivity contribution in [2.24, 2.45) is 11.3 Å². The lowest BCUT2D eigenvalue weighted by molar-refractivity contribution is 0.0697. The van der Waals surface area contributed by atoms with Gasteiger partial charge in [0.2, 0.25) is 0 Å². The van der Waals surface area contributed by atoms with E-state index >= 15 is 0 Å². The van der Waals surface area contributed by atoms with Crippen molar-refractivity contribution in [1.29, 1.82) is 0 Å². The third-order valence-electron chi connectivity index (χ3n) is 4.33. The van der Waals surface area contributed by atoms with Gasteiger partial charge in [0.05, 0.1) is 17.2 Å². The molecule has 0 amide bonds. The van der Waals surface area contributed by atoms with Crippen molar-refractivity contribution in [3.05, 3.63) is 27.7 Å². The zero-order valence-electron chi connectivity index (χ0n) is 12.1. The van der Waals surface area contributed by atoms with Gasteiger partial charge in [-0.2, -0.15) is 0 Å². The third-order valence-corrected chi connectivity index (χ3v) is 4.94. The standard InChI is InChI=1S/C16H20Cl2O2/c1-16(2)7-5-4-6-11(16)15(19)10-8-13(18)14(20-3)9-12(10)17/h8-9,11H,4-7H2,1-3H3. The maximum absolute atomic E-state index is 12.8. The fourth-order valence-corrected chi connectivity index (χ4v) is 3.53. The summed E-state index contributed by atoms with van der Waals surface area (Å²) >= 11 is 12.3. The fourth-order valence-electron chi connectivity index (χ4n) is 3.04. The molecule has 110 valence electrons. The normalized spacial score (nSPS) is 21.6. The second-order valence-corrected chi connectivity index (χ2v) is 6.93. The van der Waals surface area contributed by atoms with Gasteiger partial charge in [-0.25, -0.2) is 0 Å². The molecule has 1 atom stereocenters. The number of Topliss-reactive ketones (excluding diaryl/α,β-unsaturated/α-hetero) is 1. The number of ether oxygens (including phenoxy) is 1. The van der Waals surface area contributed by atoms with E-state index in [4.69, 9.17) is 27.9 Å². The van der Waals surface area contributed by atoms with Crippen LogP contribution in [0.15, 0.2) is 12.1 Å². The molecule has 1 unspecified atom stereocenters. The van der Waals surface area contributed by atoms with Crippen molar-refractivity contribution in [1.82, 2.24) is 0 Å². The van der Waals surface area contributed by atoms with E-state index in [9.17, 15) is 4.79 Å². The van der Waals surface area contributed by atoms with Gasteiger partial charge in [0.15, 0.2) is 5.78 Å². The quantitative estimate of drug-likeness (QED) is 0.698. The van der Waals surface area contributed by atoms with E-state index in [1.165, 1.54) is 13.5 Å². The molecule has 0 spiro atoms. The number of methoxy groups -OCH3 is 1. The summed E-state index contributed by atoms with van der Waals surface area (Å²) in [6.45, 7) is 4.32. The van der Waals surface area contributed by atoms with E-state index in [1.807, 2.05) is 0 Å². The van der Waals surface area contributed by atoms with Crippen molar-refractivity contribution >= 4 is 29.0 Å². The van der Waals surface area contributed by atoms with Crippen molar-refractivity contribution in [3.63, 3.8) is 0 Å². The molecule has 0 radical (unpaired) electrons. The molecule has 1 fully saturated rings. The van der Waals surface area contributed by atoms with E-state index in [2.05, 4.69) is 13.8 Å². The van der Waals surface area contributed by atoms with E-state index in [1.54, 1.807) is 12.1 Å². The predicted molar refractivity (Wildman–Crippen MR) is 83.1 cm³/mol. The first-order valence-electron chi connectivity index (χ1n) is 6.94. The predicted octanol–water partition coefficient (Wildman–Crippen LogP) is 5.40. The number of carbonyl (C=O) groups is 1. The maximum atomic E-state index is 12.8. The van der Waals surface area contributed by atoms with E-state index in [0.29, 0.717) is 21.4 Å². The molecule has 0 heterocycles. The Kier molecular flexibility index (Phi) is 4.66. The first-order valence-corrected chi connectivity index (χ1v) is 7.69. The monoisotopic (exact) mass is 314 g/mol. The van der Waals surface area contributed by atoms with Crippen molar-refractivity contribution in [2.45, 2.75) is 39.5 Å². The zero-order chi connectivity index (χ0) is 14.9. The van der Waals surface area contributed by atoms with Crippen LogP contribution < -0.4 is 4.74 Å². The number of ketones is 1. The lowest BCUT2D eigenvalue weighted by atomic mass is 9.66. The van der Waals surface area contributed by atoms with Gasteiger partial charge >= 0.3 is 0 Å². The summed E-state index contributed by atoms with van der Waals surface area (Å²) in [5.74, 6) is 0.610. The van der Waals surface area contributed by atoms with Gasteiger partial charge in [0, 0.05) is 17.5 Å². The molecule has 0 N–H and O–H groups in total. The topological polar surface area (TPSA) is 26.3 Å². The van der Waals surface area contributed by atoms with Gasteiger partial charge < -0.3 is 4.74 Å². The highest BCUT2D eigenvalue weighted by atomic mass is 35.5. The molecule has 1 aromatic rings. The maximum Gasteiger partial charge on any atom is 0.168 e. The van der Waals surface area contributed by atoms with Crippen LogP contribution in [0.5, 0.6) is 5.75 Å². The molecule has 1 aromatic carbocycles. The minimum atomic E-state index is 0.0122. The van der Waals surface area contributed by atoms with Crippen molar-refractivity contribution in [3.8, 4) is 5.75 Å². The highest BCUT2D eigenvalue weighted by Gasteiger charge is 2.38. The van der Waals surface area contributed by atoms with E-state index in [0.717, 1.165) is 19.3 Å². The molecule has 2 nitrogen and oxygen atoms in total. The summed E-state index contributed by atoms with van der Waals surface area (Å²) in [7, 11) is 1.53. The molecule has 1 aliphatic carbocycles. The zero-order valence-corrected chi connectivity index (χ0v) is 13.6. The van der Waals surface area contributed by atoms with Crippen LogP contribution in [0.4, 0.5) is 0 Å². The molecule has 0 aliphatic heterocycles. The van der Waals surface area contributed by atoms with Crippen LogP contribution in [0, 0.1) is 11.3 Å². The molecule has 20 heavy (non-hydrogen) atoms. The Morgan fingerprint density at radius 1 is 1.25 bits per heavy atom. The van der Waals surface area contributed by atoms with Crippen LogP contribution in [0.3, 0.4) is 0 Å². The highest BCUT2D eigenvalue weighted by molar-refractivity contribution is 6.37. The molecule has 1 aliphatic rings. The molecular weight excluding hydrogens is 295 g/mol. The number of benzene rings is 1. The minimum Gasteiger partial charge on any atom is -0.495 e. The van der Waals surface area contributed by atoms with Crippen LogP contribution in [0.2, 0.25) is 10.0 Å². The Balaban J connectivity index is 2.36. The first-order chi connectivity index (χ1) is 9.36. The number of carbonyl (C=O) groups excluding carboxylic acids is 1. The Morgan fingerprint density at radius 3 is 2.55 bits per heavy atom. The first kappa shape index (κ1) is 15.7. The summed E-state index contributed by atoms with van der Waals surface area (Å²) in [6, 6.07) is 3.25. The SMILES string of the molecule is COc1cc(Cl)c(C(=O)C2CCCCC2(C)C)cc1Cl. The van der Waals surface area contributed by atoms with Gasteiger partial charge in [-0.15, -0.1) is 0 Å². The van der Waals surface area contributed by atoms with Crippen molar-refractivity contribution < 1.29 is 9.53 Å². The van der Waals surface area contributed by atoms with Gasteiger partial charge in [-0.1, -0.05) is 49.9 Å². The molecular formula is C16H20Cl2O2. The van der Waals surface area contributed by atoms with Crippen LogP contribution in [0.1, 0.15) is 49.9 Å². The van der Waals surface area contributed by atoms with Crippen molar-refractivity contribution in [2.75, 3.05) is 7.11 Å². The summed E-state index contributed by atoms with van der Waals surface area (Å²) < 4.78 is 5.12. The number of hydrogen-bond donors (Lipinski definition) is 0. The summed E-state index contributed by atoms with van der Waals surface area (Å²) in [4.78, 5) is 12.8. The smallest absolute Gasteiger partial charge is 0.168 e. The number of halogens is 2. The second-order valence-electron chi connectivity index (χ2n) is 6.12. The number of hydrogen-bond acceptors (Lipinski definition) is 2. The average molecular weight is 315 g/mol. The molecule has 0 bridgehead atoms. The Morgan fingerprint density at radius 2 is 1.95 bits per heavy atom. The molecule has 4 heteroatoms. The summed E-state index contributed by atoms with van der Waals surface area (Å²) in [5, 5.41) is 0.839. The van der Waals surface area contributed by atoms with E-state index < -0.39 is 0 Å². The second kappa shape index (κ2) is 5.95. The van der Waals surface area contributed by atoms with Gasteiger partial charge in [0.25, 0.3) is 0 Å². The summed E-state index contributed by atoms with van der Waals surface area (Å²) in [5.41, 5.74) is 0.530. The molecule has 0 aromatic heterocycles. The third kappa shape index (κ3) is 2.96. The highest BCUT2D eigenvalue weighted by Crippen LogP contribution is 2.43. The van der Waals surface area contributed by atoms with Gasteiger partial charge in [-0.05, 0) is 24.3 Å². The molecule has 0 saturated heterocycles. The molecule has 2 rings (SSSR count). The lowest BCUT2D eigenvalue weighted by Gasteiger charge is -2.37. The average Bonchev–Trinajstić information content (AvgIpc) is 2.39. The van der Waals surface area contributed by atoms with Gasteiger partial charge in [-0.3, -0.25) is 4.79 Å². The van der Waals surface area contributed by atoms with Crippen LogP contribution in [-0.2, 0) is 0 Å². The van der Waals surface area contributed by atoms with Crippen LogP contribution in [0.25, 0.3) is 0 Å². The molecule has 1 saturated carbocycles. The lowest BCUT2D eigenvalue weighted by Crippen LogP contribution is -2.34. The minimum absolute atomic E-state index is 0.0122. The van der Waals surface area contributed by atoms with Gasteiger partial charge in [0.1, 0.15) is 5.75 Å². The Bertz CT molecular complexity index is 523. The largest absolute Gasteiger partial charge is 0.495 e. The fraction of sp³-hybridized carbons (Fsp3) is 0.562. The Hall–Kier alpha value is -0.730. The number of rotatable bonds is 3. The van der Waals surface area contributed by atoms with Crippen LogP contribution in [-0.4, -0.2) is 12.9 Å². The van der Waals surface area contributed by atoms with Crippen LogP contribution >= 0.6 is 23.2 Å². The van der Waals surface area contributed by atoms with E-state index in [-0.39, 0.29) is 17.1 Å².